The molecule has 0 amide bonds. The molecule has 4 rings (SSSR count). The second-order valence-electron chi connectivity index (χ2n) is 12.1. The normalized spacial score (nSPS) is 35.5. The molecule has 0 bridgehead atoms. The number of benzene rings is 2. The Labute approximate surface area is 224 Å². The summed E-state index contributed by atoms with van der Waals surface area (Å²) in [7, 11) is 0. The molecule has 0 aliphatic carbocycles. The minimum Gasteiger partial charge on any atom is -0.376 e. The number of hydroxylamine groups is 2. The second-order valence-corrected chi connectivity index (χ2v) is 12.1. The summed E-state index contributed by atoms with van der Waals surface area (Å²) in [5.41, 5.74) is 1.69. The maximum atomic E-state index is 6.83. The van der Waals surface area contributed by atoms with Crippen molar-refractivity contribution in [3.05, 3.63) is 71.8 Å². The summed E-state index contributed by atoms with van der Waals surface area (Å²) in [6.07, 6.45) is 2.58. The van der Waals surface area contributed by atoms with E-state index in [1.165, 1.54) is 11.1 Å². The van der Waals surface area contributed by atoms with E-state index in [2.05, 4.69) is 89.9 Å². The highest BCUT2D eigenvalue weighted by Crippen LogP contribution is 2.54. The van der Waals surface area contributed by atoms with Gasteiger partial charge in [0, 0.05) is 23.3 Å². The smallest absolute Gasteiger partial charge is 0.174 e. The van der Waals surface area contributed by atoms with Gasteiger partial charge in [-0.05, 0) is 44.7 Å². The fraction of sp³-hybridized carbons (Fsp3) is 0.625. The van der Waals surface area contributed by atoms with Crippen molar-refractivity contribution in [1.29, 1.82) is 0 Å². The highest BCUT2D eigenvalue weighted by Gasteiger charge is 2.63. The Balaban J connectivity index is 1.49. The molecule has 0 aromatic heterocycles. The summed E-state index contributed by atoms with van der Waals surface area (Å²) in [6, 6.07) is 20.8. The van der Waals surface area contributed by atoms with Crippen molar-refractivity contribution in [2.75, 3.05) is 19.8 Å². The van der Waals surface area contributed by atoms with Crippen LogP contribution in [0.2, 0.25) is 0 Å². The average molecular weight is 510 g/mol. The lowest BCUT2D eigenvalue weighted by Gasteiger charge is -2.64. The standard InChI is InChI=1S/C32H47NO4/c1-8-30(6)21-32(35-23-29(5,24-36-32)22-34-20-27-16-12-10-13-17-27)26(4)31(7,9-2)33(30)37-25(3)28-18-14-11-15-19-28/h10-19,25-26H,8-9,20-24H2,1-7H3. The predicted molar refractivity (Wildman–Crippen MR) is 148 cm³/mol. The van der Waals surface area contributed by atoms with Gasteiger partial charge in [0.25, 0.3) is 0 Å². The molecular formula is C32H47NO4. The van der Waals surface area contributed by atoms with Crippen LogP contribution in [0.4, 0.5) is 0 Å². The summed E-state index contributed by atoms with van der Waals surface area (Å²) >= 11 is 0. The fourth-order valence-electron chi connectivity index (χ4n) is 6.03. The van der Waals surface area contributed by atoms with Crippen LogP contribution in [-0.4, -0.2) is 41.7 Å². The molecule has 0 radical (unpaired) electrons. The van der Waals surface area contributed by atoms with Crippen LogP contribution in [0.1, 0.15) is 85.0 Å². The molecule has 2 aromatic carbocycles. The van der Waals surface area contributed by atoms with E-state index in [0.717, 1.165) is 19.3 Å². The van der Waals surface area contributed by atoms with Gasteiger partial charge in [-0.1, -0.05) is 88.4 Å². The molecule has 4 unspecified atom stereocenters. The van der Waals surface area contributed by atoms with Crippen LogP contribution < -0.4 is 0 Å². The van der Waals surface area contributed by atoms with Gasteiger partial charge in [0.1, 0.15) is 6.10 Å². The number of piperidine rings is 1. The predicted octanol–water partition coefficient (Wildman–Crippen LogP) is 7.32. The molecule has 2 fully saturated rings. The number of ether oxygens (including phenoxy) is 3. The van der Waals surface area contributed by atoms with Crippen LogP contribution >= 0.6 is 0 Å². The van der Waals surface area contributed by atoms with Gasteiger partial charge in [-0.2, -0.15) is 5.06 Å². The minimum absolute atomic E-state index is 0.0440. The molecule has 4 atom stereocenters. The molecule has 2 heterocycles. The van der Waals surface area contributed by atoms with E-state index in [1.54, 1.807) is 0 Å². The molecule has 0 saturated carbocycles. The van der Waals surface area contributed by atoms with Crippen LogP contribution in [0.15, 0.2) is 60.7 Å². The number of hydrogen-bond acceptors (Lipinski definition) is 5. The van der Waals surface area contributed by atoms with Gasteiger partial charge in [-0.15, -0.1) is 0 Å². The summed E-state index contributed by atoms with van der Waals surface area (Å²) in [6.45, 7) is 18.2. The molecular weight excluding hydrogens is 462 g/mol. The van der Waals surface area contributed by atoms with Gasteiger partial charge in [-0.3, -0.25) is 4.84 Å². The molecule has 5 heteroatoms. The first-order valence-corrected chi connectivity index (χ1v) is 14.0. The first-order chi connectivity index (χ1) is 17.6. The fourth-order valence-corrected chi connectivity index (χ4v) is 6.03. The third-order valence-electron chi connectivity index (χ3n) is 9.08. The molecule has 0 N–H and O–H groups in total. The highest BCUT2D eigenvalue weighted by molar-refractivity contribution is 5.17. The third-order valence-corrected chi connectivity index (χ3v) is 9.08. The molecule has 2 aliphatic rings. The lowest BCUT2D eigenvalue weighted by atomic mass is 9.67. The van der Waals surface area contributed by atoms with Crippen LogP contribution in [0.5, 0.6) is 0 Å². The first kappa shape index (κ1) is 28.3. The van der Waals surface area contributed by atoms with Gasteiger partial charge >= 0.3 is 0 Å². The maximum absolute atomic E-state index is 6.83. The molecule has 204 valence electrons. The van der Waals surface area contributed by atoms with Crippen LogP contribution in [0.3, 0.4) is 0 Å². The van der Waals surface area contributed by atoms with E-state index in [0.29, 0.717) is 26.4 Å². The van der Waals surface area contributed by atoms with Crippen molar-refractivity contribution in [2.24, 2.45) is 11.3 Å². The lowest BCUT2D eigenvalue weighted by molar-refractivity contribution is -0.417. The molecule has 37 heavy (non-hydrogen) atoms. The Hall–Kier alpha value is -1.76. The molecule has 1 spiro atoms. The molecule has 5 nitrogen and oxygen atoms in total. The van der Waals surface area contributed by atoms with E-state index in [-0.39, 0.29) is 28.5 Å². The van der Waals surface area contributed by atoms with Crippen molar-refractivity contribution in [2.45, 2.75) is 97.3 Å². The van der Waals surface area contributed by atoms with Crippen molar-refractivity contribution >= 4 is 0 Å². The Morgan fingerprint density at radius 1 is 0.919 bits per heavy atom. The van der Waals surface area contributed by atoms with Crippen LogP contribution in [-0.2, 0) is 25.7 Å². The summed E-state index contributed by atoms with van der Waals surface area (Å²) in [5.74, 6) is -0.535. The zero-order chi connectivity index (χ0) is 26.7. The third kappa shape index (κ3) is 5.67. The van der Waals surface area contributed by atoms with Gasteiger partial charge in [0.05, 0.1) is 32.0 Å². The molecule has 2 aromatic rings. The van der Waals surface area contributed by atoms with E-state index in [1.807, 2.05) is 24.3 Å². The zero-order valence-corrected chi connectivity index (χ0v) is 24.0. The summed E-state index contributed by atoms with van der Waals surface area (Å²) in [4.78, 5) is 6.83. The van der Waals surface area contributed by atoms with E-state index < -0.39 is 5.79 Å². The summed E-state index contributed by atoms with van der Waals surface area (Å²) in [5, 5.41) is 2.30. The van der Waals surface area contributed by atoms with Crippen molar-refractivity contribution in [3.63, 3.8) is 0 Å². The Kier molecular flexibility index (Phi) is 8.52. The van der Waals surface area contributed by atoms with Crippen molar-refractivity contribution in [1.82, 2.24) is 5.06 Å². The SMILES string of the molecule is CCC1(C)CC2(OCC(C)(COCc3ccccc3)CO2)C(C)C(C)(CC)N1OC(C)c1ccccc1. The van der Waals surface area contributed by atoms with Crippen molar-refractivity contribution < 1.29 is 19.0 Å². The Morgan fingerprint density at radius 3 is 2.08 bits per heavy atom. The van der Waals surface area contributed by atoms with E-state index >= 15 is 0 Å². The zero-order valence-electron chi connectivity index (χ0n) is 24.0. The van der Waals surface area contributed by atoms with Gasteiger partial charge in [0.2, 0.25) is 0 Å². The quantitative estimate of drug-likeness (QED) is 0.354. The number of rotatable bonds is 9. The van der Waals surface area contributed by atoms with Gasteiger partial charge in [0.15, 0.2) is 5.79 Å². The second kappa shape index (κ2) is 11.2. The van der Waals surface area contributed by atoms with Crippen LogP contribution in [0.25, 0.3) is 0 Å². The maximum Gasteiger partial charge on any atom is 0.174 e. The number of nitrogens with zero attached hydrogens (tertiary/aromatic N) is 1. The lowest BCUT2D eigenvalue weighted by Crippen LogP contribution is -2.74. The summed E-state index contributed by atoms with van der Waals surface area (Å²) < 4.78 is 19.7. The monoisotopic (exact) mass is 509 g/mol. The highest BCUT2D eigenvalue weighted by atomic mass is 16.7. The van der Waals surface area contributed by atoms with Gasteiger partial charge in [-0.25, -0.2) is 0 Å². The molecule has 2 saturated heterocycles. The minimum atomic E-state index is -0.649. The first-order valence-electron chi connectivity index (χ1n) is 14.0. The van der Waals surface area contributed by atoms with Gasteiger partial charge < -0.3 is 14.2 Å². The largest absolute Gasteiger partial charge is 0.376 e. The van der Waals surface area contributed by atoms with Crippen LogP contribution in [0, 0.1) is 11.3 Å². The topological polar surface area (TPSA) is 40.2 Å². The van der Waals surface area contributed by atoms with Crippen molar-refractivity contribution in [3.8, 4) is 0 Å². The Morgan fingerprint density at radius 2 is 1.51 bits per heavy atom. The number of hydrogen-bond donors (Lipinski definition) is 0. The molecule has 2 aliphatic heterocycles. The average Bonchev–Trinajstić information content (AvgIpc) is 2.92. The van der Waals surface area contributed by atoms with E-state index in [9.17, 15) is 0 Å². The van der Waals surface area contributed by atoms with E-state index in [4.69, 9.17) is 19.0 Å². The Bertz CT molecular complexity index is 990.